The highest BCUT2D eigenvalue weighted by atomic mass is 16.5. The fraction of sp³-hybridized carbons (Fsp3) is 0.222. The van der Waals surface area contributed by atoms with Crippen molar-refractivity contribution in [3.05, 3.63) is 60.2 Å². The molecule has 0 N–H and O–H groups in total. The zero-order chi connectivity index (χ0) is 15.5. The number of carbonyl (C=O) groups is 2. The van der Waals surface area contributed by atoms with Gasteiger partial charge >= 0.3 is 5.97 Å². The van der Waals surface area contributed by atoms with E-state index < -0.39 is 5.92 Å². The third-order valence-electron chi connectivity index (χ3n) is 3.76. The van der Waals surface area contributed by atoms with E-state index in [2.05, 4.69) is 0 Å². The second-order valence-corrected chi connectivity index (χ2v) is 5.13. The molecule has 0 aromatic heterocycles. The Labute approximate surface area is 129 Å². The lowest BCUT2D eigenvalue weighted by Gasteiger charge is -2.18. The Kier molecular flexibility index (Phi) is 3.92. The minimum Gasteiger partial charge on any atom is -0.466 e. The molecule has 0 bridgehead atoms. The van der Waals surface area contributed by atoms with Gasteiger partial charge in [0.05, 0.1) is 24.6 Å². The highest BCUT2D eigenvalue weighted by molar-refractivity contribution is 6.11. The maximum Gasteiger partial charge on any atom is 0.306 e. The topological polar surface area (TPSA) is 46.6 Å². The number of nitrogens with zero attached hydrogens (tertiary/aromatic N) is 1. The fourth-order valence-corrected chi connectivity index (χ4v) is 2.82. The summed E-state index contributed by atoms with van der Waals surface area (Å²) in [6.07, 6.45) is 0.0764. The van der Waals surface area contributed by atoms with Gasteiger partial charge in [-0.3, -0.25) is 14.5 Å². The van der Waals surface area contributed by atoms with Crippen LogP contribution in [0.4, 0.5) is 11.4 Å². The highest BCUT2D eigenvalue weighted by Crippen LogP contribution is 2.43. The number of ether oxygens (including phenoxy) is 1. The third kappa shape index (κ3) is 2.48. The summed E-state index contributed by atoms with van der Waals surface area (Å²) in [5.74, 6) is -0.901. The smallest absolute Gasteiger partial charge is 0.306 e. The van der Waals surface area contributed by atoms with Crippen LogP contribution < -0.4 is 4.90 Å². The first-order chi connectivity index (χ1) is 10.7. The number of amides is 1. The molecule has 2 aromatic rings. The number of carbonyl (C=O) groups excluding carboxylic acids is 2. The zero-order valence-electron chi connectivity index (χ0n) is 12.4. The zero-order valence-corrected chi connectivity index (χ0v) is 12.4. The summed E-state index contributed by atoms with van der Waals surface area (Å²) >= 11 is 0. The van der Waals surface area contributed by atoms with Gasteiger partial charge in [0, 0.05) is 5.69 Å². The van der Waals surface area contributed by atoms with E-state index in [0.29, 0.717) is 6.61 Å². The molecule has 3 rings (SSSR count). The van der Waals surface area contributed by atoms with Crippen LogP contribution in [0.1, 0.15) is 24.8 Å². The molecule has 112 valence electrons. The molecule has 0 aliphatic carbocycles. The second kappa shape index (κ2) is 6.02. The molecule has 0 spiro atoms. The van der Waals surface area contributed by atoms with Crippen LogP contribution in [0, 0.1) is 0 Å². The Morgan fingerprint density at radius 1 is 1.09 bits per heavy atom. The van der Waals surface area contributed by atoms with Crippen LogP contribution in [0.5, 0.6) is 0 Å². The Bertz CT molecular complexity index is 696. The van der Waals surface area contributed by atoms with E-state index in [0.717, 1.165) is 16.9 Å². The van der Waals surface area contributed by atoms with E-state index in [1.165, 1.54) is 0 Å². The van der Waals surface area contributed by atoms with Crippen LogP contribution in [0.15, 0.2) is 54.6 Å². The lowest BCUT2D eigenvalue weighted by Crippen LogP contribution is -2.25. The Hall–Kier alpha value is -2.62. The molecule has 1 unspecified atom stereocenters. The van der Waals surface area contributed by atoms with Crippen LogP contribution >= 0.6 is 0 Å². The van der Waals surface area contributed by atoms with Crippen molar-refractivity contribution in [1.82, 2.24) is 0 Å². The molecule has 1 aliphatic rings. The van der Waals surface area contributed by atoms with Gasteiger partial charge in [-0.25, -0.2) is 0 Å². The van der Waals surface area contributed by atoms with Gasteiger partial charge < -0.3 is 4.74 Å². The molecule has 0 saturated carbocycles. The van der Waals surface area contributed by atoms with Crippen molar-refractivity contribution in [2.24, 2.45) is 0 Å². The van der Waals surface area contributed by atoms with Crippen LogP contribution in [0.2, 0.25) is 0 Å². The average molecular weight is 295 g/mol. The van der Waals surface area contributed by atoms with Crippen LogP contribution in [-0.4, -0.2) is 18.5 Å². The van der Waals surface area contributed by atoms with Crippen LogP contribution in [-0.2, 0) is 14.3 Å². The number of esters is 1. The van der Waals surface area contributed by atoms with Crippen molar-refractivity contribution in [2.75, 3.05) is 11.5 Å². The number of fused-ring (bicyclic) bond motifs is 1. The quantitative estimate of drug-likeness (QED) is 0.812. The van der Waals surface area contributed by atoms with E-state index in [1.807, 2.05) is 54.6 Å². The number of anilines is 2. The lowest BCUT2D eigenvalue weighted by atomic mass is 9.97. The van der Waals surface area contributed by atoms with Crippen molar-refractivity contribution < 1.29 is 14.3 Å². The van der Waals surface area contributed by atoms with E-state index in [-0.39, 0.29) is 18.3 Å². The maximum atomic E-state index is 12.8. The fourth-order valence-electron chi connectivity index (χ4n) is 2.82. The van der Waals surface area contributed by atoms with Gasteiger partial charge in [-0.1, -0.05) is 36.4 Å². The summed E-state index contributed by atoms with van der Waals surface area (Å²) in [6, 6.07) is 17.1. The number of benzene rings is 2. The van der Waals surface area contributed by atoms with Crippen molar-refractivity contribution in [3.8, 4) is 0 Å². The number of para-hydroxylation sites is 2. The molecule has 0 fully saturated rings. The van der Waals surface area contributed by atoms with Crippen molar-refractivity contribution in [1.29, 1.82) is 0 Å². The normalized spacial score (nSPS) is 16.5. The van der Waals surface area contributed by atoms with Gasteiger partial charge in [-0.05, 0) is 30.7 Å². The summed E-state index contributed by atoms with van der Waals surface area (Å²) in [6.45, 7) is 2.09. The molecular weight excluding hydrogens is 278 g/mol. The predicted molar refractivity (Wildman–Crippen MR) is 84.0 cm³/mol. The average Bonchev–Trinajstić information content (AvgIpc) is 2.81. The SMILES string of the molecule is CCOC(=O)CC1C(=O)N(c2ccccc2)c2ccccc21. The lowest BCUT2D eigenvalue weighted by molar-refractivity contribution is -0.144. The second-order valence-electron chi connectivity index (χ2n) is 5.13. The first-order valence-electron chi connectivity index (χ1n) is 7.36. The van der Waals surface area contributed by atoms with E-state index in [9.17, 15) is 9.59 Å². The van der Waals surface area contributed by atoms with Gasteiger partial charge in [-0.2, -0.15) is 0 Å². The molecule has 4 nitrogen and oxygen atoms in total. The molecule has 1 aliphatic heterocycles. The van der Waals surface area contributed by atoms with Gasteiger partial charge in [0.25, 0.3) is 0 Å². The number of hydrogen-bond donors (Lipinski definition) is 0. The molecule has 0 radical (unpaired) electrons. The van der Waals surface area contributed by atoms with Gasteiger partial charge in [0.1, 0.15) is 0 Å². The summed E-state index contributed by atoms with van der Waals surface area (Å²) in [4.78, 5) is 26.3. The Balaban J connectivity index is 1.98. The van der Waals surface area contributed by atoms with Crippen LogP contribution in [0.3, 0.4) is 0 Å². The van der Waals surface area contributed by atoms with Gasteiger partial charge in [0.2, 0.25) is 5.91 Å². The van der Waals surface area contributed by atoms with Gasteiger partial charge in [-0.15, -0.1) is 0 Å². The largest absolute Gasteiger partial charge is 0.466 e. The molecule has 22 heavy (non-hydrogen) atoms. The summed E-state index contributed by atoms with van der Waals surface area (Å²) in [7, 11) is 0. The number of hydrogen-bond acceptors (Lipinski definition) is 3. The summed E-state index contributed by atoms with van der Waals surface area (Å²) in [5, 5.41) is 0. The molecule has 0 saturated heterocycles. The molecule has 1 heterocycles. The summed E-state index contributed by atoms with van der Waals surface area (Å²) in [5.41, 5.74) is 2.53. The maximum absolute atomic E-state index is 12.8. The highest BCUT2D eigenvalue weighted by Gasteiger charge is 2.39. The van der Waals surface area contributed by atoms with Gasteiger partial charge in [0.15, 0.2) is 0 Å². The molecule has 1 atom stereocenters. The Morgan fingerprint density at radius 3 is 2.50 bits per heavy atom. The van der Waals surface area contributed by atoms with E-state index >= 15 is 0 Å². The standard InChI is InChI=1S/C18H17NO3/c1-2-22-17(20)12-15-14-10-6-7-11-16(14)19(18(15)21)13-8-4-3-5-9-13/h3-11,15H,2,12H2,1H3. The predicted octanol–water partition coefficient (Wildman–Crippen LogP) is 3.40. The third-order valence-corrected chi connectivity index (χ3v) is 3.76. The van der Waals surface area contributed by atoms with Crippen LogP contribution in [0.25, 0.3) is 0 Å². The van der Waals surface area contributed by atoms with Crippen molar-refractivity contribution in [2.45, 2.75) is 19.3 Å². The van der Waals surface area contributed by atoms with E-state index in [4.69, 9.17) is 4.74 Å². The summed E-state index contributed by atoms with van der Waals surface area (Å²) < 4.78 is 5.00. The minimum atomic E-state index is -0.476. The minimum absolute atomic E-state index is 0.0764. The van der Waals surface area contributed by atoms with Crippen molar-refractivity contribution in [3.63, 3.8) is 0 Å². The molecule has 1 amide bonds. The first-order valence-corrected chi connectivity index (χ1v) is 7.36. The Morgan fingerprint density at radius 2 is 1.77 bits per heavy atom. The number of rotatable bonds is 4. The molecule has 2 aromatic carbocycles. The van der Waals surface area contributed by atoms with E-state index in [1.54, 1.807) is 11.8 Å². The monoisotopic (exact) mass is 295 g/mol. The van der Waals surface area contributed by atoms with Crippen molar-refractivity contribution >= 4 is 23.3 Å². The molecule has 4 heteroatoms. The first kappa shape index (κ1) is 14.3. The molecular formula is C18H17NO3.